The Morgan fingerprint density at radius 1 is 0.957 bits per heavy atom. The first-order valence-corrected chi connectivity index (χ1v) is 8.40. The minimum atomic E-state index is -4.00. The van der Waals surface area contributed by atoms with Crippen molar-refractivity contribution in [2.45, 2.75) is 11.5 Å². The average Bonchev–Trinajstić information content (AvgIpc) is 2.56. The summed E-state index contributed by atoms with van der Waals surface area (Å²) in [6, 6.07) is 16.0. The Hall–Kier alpha value is -2.44. The molecule has 4 nitrogen and oxygen atoms in total. The minimum absolute atomic E-state index is 0.0581. The molecule has 3 aromatic carbocycles. The van der Waals surface area contributed by atoms with Gasteiger partial charge in [-0.25, -0.2) is 12.8 Å². The van der Waals surface area contributed by atoms with E-state index < -0.39 is 22.4 Å². The largest absolute Gasteiger partial charge is 0.392 e. The van der Waals surface area contributed by atoms with Gasteiger partial charge in [-0.2, -0.15) is 0 Å². The molecule has 3 rings (SSSR count). The molecule has 2 N–H and O–H groups in total. The molecule has 6 heteroatoms. The fourth-order valence-electron chi connectivity index (χ4n) is 2.43. The zero-order chi connectivity index (χ0) is 16.4. The molecule has 3 aromatic rings. The topological polar surface area (TPSA) is 66.4 Å². The summed E-state index contributed by atoms with van der Waals surface area (Å²) in [7, 11) is -4.00. The van der Waals surface area contributed by atoms with Gasteiger partial charge in [-0.1, -0.05) is 48.5 Å². The summed E-state index contributed by atoms with van der Waals surface area (Å²) in [5.74, 6) is -0.736. The highest BCUT2D eigenvalue weighted by atomic mass is 32.2. The summed E-state index contributed by atoms with van der Waals surface area (Å²) in [6.07, 6.45) is 0. The van der Waals surface area contributed by atoms with Crippen molar-refractivity contribution < 1.29 is 17.9 Å². The number of anilines is 1. The summed E-state index contributed by atoms with van der Waals surface area (Å²) >= 11 is 0. The van der Waals surface area contributed by atoms with Crippen molar-refractivity contribution in [3.8, 4) is 0 Å². The first kappa shape index (κ1) is 15.5. The molecular weight excluding hydrogens is 317 g/mol. The maximum Gasteiger partial charge on any atom is 0.262 e. The first-order valence-electron chi connectivity index (χ1n) is 6.92. The van der Waals surface area contributed by atoms with Crippen LogP contribution < -0.4 is 4.72 Å². The summed E-state index contributed by atoms with van der Waals surface area (Å²) in [5, 5.41) is 10.6. The van der Waals surface area contributed by atoms with E-state index in [1.807, 2.05) is 6.07 Å². The van der Waals surface area contributed by atoms with Gasteiger partial charge < -0.3 is 5.11 Å². The molecule has 0 saturated heterocycles. The quantitative estimate of drug-likeness (QED) is 0.771. The molecule has 0 fully saturated rings. The highest BCUT2D eigenvalue weighted by Crippen LogP contribution is 2.27. The van der Waals surface area contributed by atoms with Gasteiger partial charge in [0.15, 0.2) is 0 Å². The SMILES string of the molecule is O=S(=O)(Nc1c(F)cccc1CO)c1cccc2ccccc12. The maximum absolute atomic E-state index is 14.0. The standard InChI is InChI=1S/C17H14FNO3S/c18-15-9-3-7-13(11-20)17(15)19-23(21,22)16-10-4-6-12-5-1-2-8-14(12)16/h1-10,19-20H,11H2. The number of para-hydroxylation sites is 1. The average molecular weight is 331 g/mol. The molecule has 23 heavy (non-hydrogen) atoms. The zero-order valence-electron chi connectivity index (χ0n) is 12.0. The molecule has 0 radical (unpaired) electrons. The van der Waals surface area contributed by atoms with E-state index in [0.29, 0.717) is 5.39 Å². The number of benzene rings is 3. The normalized spacial score (nSPS) is 11.6. The molecule has 0 unspecified atom stereocenters. The Labute approximate surface area is 133 Å². The van der Waals surface area contributed by atoms with Crippen LogP contribution in [0.5, 0.6) is 0 Å². The molecule has 0 spiro atoms. The zero-order valence-corrected chi connectivity index (χ0v) is 12.8. The van der Waals surface area contributed by atoms with Crippen molar-refractivity contribution >= 4 is 26.5 Å². The van der Waals surface area contributed by atoms with Crippen molar-refractivity contribution in [2.75, 3.05) is 4.72 Å². The smallest absolute Gasteiger partial charge is 0.262 e. The van der Waals surface area contributed by atoms with Gasteiger partial charge in [0, 0.05) is 10.9 Å². The monoisotopic (exact) mass is 331 g/mol. The van der Waals surface area contributed by atoms with Crippen molar-refractivity contribution in [1.29, 1.82) is 0 Å². The maximum atomic E-state index is 14.0. The minimum Gasteiger partial charge on any atom is -0.392 e. The second kappa shape index (κ2) is 5.98. The van der Waals surface area contributed by atoms with E-state index in [0.717, 1.165) is 11.5 Å². The fraction of sp³-hybridized carbons (Fsp3) is 0.0588. The Morgan fingerprint density at radius 2 is 1.65 bits per heavy atom. The molecule has 0 atom stereocenters. The Morgan fingerprint density at radius 3 is 2.43 bits per heavy atom. The van der Waals surface area contributed by atoms with E-state index in [4.69, 9.17) is 0 Å². The number of halogens is 1. The lowest BCUT2D eigenvalue weighted by molar-refractivity contribution is 0.282. The van der Waals surface area contributed by atoms with Crippen molar-refractivity contribution in [2.24, 2.45) is 0 Å². The molecule has 0 aromatic heterocycles. The van der Waals surface area contributed by atoms with Gasteiger partial charge in [-0.15, -0.1) is 0 Å². The number of hydrogen-bond donors (Lipinski definition) is 2. The molecular formula is C17H14FNO3S. The van der Waals surface area contributed by atoms with Gasteiger partial charge in [0.2, 0.25) is 0 Å². The van der Waals surface area contributed by atoms with Crippen LogP contribution in [0.4, 0.5) is 10.1 Å². The Bertz CT molecular complexity index is 965. The van der Waals surface area contributed by atoms with Crippen LogP contribution in [0.1, 0.15) is 5.56 Å². The predicted molar refractivity (Wildman–Crippen MR) is 87.1 cm³/mol. The van der Waals surface area contributed by atoms with Gasteiger partial charge in [0.05, 0.1) is 17.2 Å². The van der Waals surface area contributed by atoms with Crippen LogP contribution in [-0.2, 0) is 16.6 Å². The molecule has 0 aliphatic rings. The van der Waals surface area contributed by atoms with Crippen LogP contribution >= 0.6 is 0 Å². The van der Waals surface area contributed by atoms with Gasteiger partial charge in [-0.05, 0) is 17.5 Å². The molecule has 118 valence electrons. The molecule has 0 amide bonds. The summed E-state index contributed by atoms with van der Waals surface area (Å²) in [4.78, 5) is 0.0581. The number of nitrogens with one attached hydrogen (secondary N) is 1. The third-order valence-corrected chi connectivity index (χ3v) is 4.95. The van der Waals surface area contributed by atoms with E-state index in [1.54, 1.807) is 30.3 Å². The lowest BCUT2D eigenvalue weighted by atomic mass is 10.1. The first-order chi connectivity index (χ1) is 11.0. The lowest BCUT2D eigenvalue weighted by Crippen LogP contribution is -2.16. The van der Waals surface area contributed by atoms with E-state index in [2.05, 4.69) is 4.72 Å². The fourth-order valence-corrected chi connectivity index (χ4v) is 3.77. The molecule has 0 heterocycles. The van der Waals surface area contributed by atoms with E-state index in [1.165, 1.54) is 18.2 Å². The Kier molecular flexibility index (Phi) is 4.02. The molecule has 0 saturated carbocycles. The molecule has 0 aliphatic carbocycles. The van der Waals surface area contributed by atoms with Crippen LogP contribution in [-0.4, -0.2) is 13.5 Å². The van der Waals surface area contributed by atoms with Gasteiger partial charge in [0.1, 0.15) is 5.82 Å². The van der Waals surface area contributed by atoms with E-state index in [9.17, 15) is 17.9 Å². The summed E-state index contributed by atoms with van der Waals surface area (Å²) in [5.41, 5.74) is -0.0586. The van der Waals surface area contributed by atoms with Crippen LogP contribution in [0.3, 0.4) is 0 Å². The molecule has 0 bridgehead atoms. The highest BCUT2D eigenvalue weighted by molar-refractivity contribution is 7.93. The van der Waals surface area contributed by atoms with Gasteiger partial charge in [-0.3, -0.25) is 4.72 Å². The van der Waals surface area contributed by atoms with Crippen molar-refractivity contribution in [3.63, 3.8) is 0 Å². The number of rotatable bonds is 4. The lowest BCUT2D eigenvalue weighted by Gasteiger charge is -2.13. The number of sulfonamides is 1. The highest BCUT2D eigenvalue weighted by Gasteiger charge is 2.20. The number of hydrogen-bond acceptors (Lipinski definition) is 3. The van der Waals surface area contributed by atoms with Crippen LogP contribution in [0.2, 0.25) is 0 Å². The van der Waals surface area contributed by atoms with Crippen LogP contribution in [0.25, 0.3) is 10.8 Å². The summed E-state index contributed by atoms with van der Waals surface area (Å²) < 4.78 is 41.6. The summed E-state index contributed by atoms with van der Waals surface area (Å²) in [6.45, 7) is -0.467. The second-order valence-corrected chi connectivity index (χ2v) is 6.67. The third kappa shape index (κ3) is 2.91. The third-order valence-electron chi connectivity index (χ3n) is 3.55. The predicted octanol–water partition coefficient (Wildman–Crippen LogP) is 3.27. The number of fused-ring (bicyclic) bond motifs is 1. The second-order valence-electron chi connectivity index (χ2n) is 5.01. The van der Waals surface area contributed by atoms with Crippen molar-refractivity contribution in [1.82, 2.24) is 0 Å². The molecule has 0 aliphatic heterocycles. The Balaban J connectivity index is 2.13. The van der Waals surface area contributed by atoms with Crippen LogP contribution in [0.15, 0.2) is 65.6 Å². The van der Waals surface area contributed by atoms with E-state index >= 15 is 0 Å². The van der Waals surface area contributed by atoms with E-state index in [-0.39, 0.29) is 16.1 Å². The number of aliphatic hydroxyl groups excluding tert-OH is 1. The van der Waals surface area contributed by atoms with Gasteiger partial charge in [0.25, 0.3) is 10.0 Å². The van der Waals surface area contributed by atoms with Crippen molar-refractivity contribution in [3.05, 3.63) is 72.0 Å². The number of aliphatic hydroxyl groups is 1. The van der Waals surface area contributed by atoms with Gasteiger partial charge >= 0.3 is 0 Å². The van der Waals surface area contributed by atoms with Crippen LogP contribution in [0, 0.1) is 5.82 Å².